The van der Waals surface area contributed by atoms with Gasteiger partial charge in [-0.3, -0.25) is 4.98 Å². The van der Waals surface area contributed by atoms with Gasteiger partial charge in [0.1, 0.15) is 0 Å². The number of nitrogens with zero attached hydrogens (tertiary/aromatic N) is 3. The summed E-state index contributed by atoms with van der Waals surface area (Å²) in [6, 6.07) is 13.1. The maximum absolute atomic E-state index is 5.27. The van der Waals surface area contributed by atoms with Crippen LogP contribution in [0.1, 0.15) is 67.8 Å². The number of aromatic amines is 2. The summed E-state index contributed by atoms with van der Waals surface area (Å²) in [5.74, 6) is 0. The molecule has 6 heterocycles. The molecular weight excluding hydrogens is 478 g/mol. The van der Waals surface area contributed by atoms with Crippen LogP contribution in [0.2, 0.25) is 0 Å². The highest BCUT2D eigenvalue weighted by atomic mass is 14.8. The zero-order valence-electron chi connectivity index (χ0n) is 23.5. The predicted octanol–water partition coefficient (Wildman–Crippen LogP) is 8.81. The Morgan fingerprint density at radius 1 is 0.667 bits per heavy atom. The first-order chi connectivity index (χ1) is 18.9. The molecule has 39 heavy (non-hydrogen) atoms. The number of H-pyrrole nitrogens is 2. The van der Waals surface area contributed by atoms with E-state index in [0.717, 1.165) is 85.4 Å². The average molecular weight is 512 g/mol. The van der Waals surface area contributed by atoms with E-state index in [0.29, 0.717) is 0 Å². The van der Waals surface area contributed by atoms with Crippen LogP contribution in [0.4, 0.5) is 0 Å². The third-order valence-electron chi connectivity index (χ3n) is 8.81. The standard InChI is InChI=1S/C34H33N5/c1-7-20-18(5)27-15-31-23-12-13-35-25-11-10-24(34(39-31)32(23)25)33-22(9-3)19(6)28(38-33)16-30-21(8-2)17(4)26(36-30)14-29(20)37-27/h10-16,36-37H,7-9H2,1-6H3. The molecule has 0 atom stereocenters. The van der Waals surface area contributed by atoms with Crippen molar-refractivity contribution in [3.63, 3.8) is 0 Å². The van der Waals surface area contributed by atoms with E-state index >= 15 is 0 Å². The van der Waals surface area contributed by atoms with Crippen molar-refractivity contribution in [2.24, 2.45) is 0 Å². The van der Waals surface area contributed by atoms with Gasteiger partial charge in [0.25, 0.3) is 0 Å². The van der Waals surface area contributed by atoms with Crippen LogP contribution in [-0.4, -0.2) is 24.9 Å². The molecule has 0 aliphatic carbocycles. The Bertz CT molecular complexity index is 2100. The van der Waals surface area contributed by atoms with E-state index in [9.17, 15) is 0 Å². The highest BCUT2D eigenvalue weighted by Gasteiger charge is 2.21. The number of fused-ring (bicyclic) bond motifs is 9. The second kappa shape index (κ2) is 8.63. The topological polar surface area (TPSA) is 70.2 Å². The summed E-state index contributed by atoms with van der Waals surface area (Å²) in [4.78, 5) is 22.7. The van der Waals surface area contributed by atoms with Crippen LogP contribution >= 0.6 is 0 Å². The van der Waals surface area contributed by atoms with E-state index < -0.39 is 0 Å². The van der Waals surface area contributed by atoms with Crippen molar-refractivity contribution in [3.8, 4) is 0 Å². The Morgan fingerprint density at radius 3 is 2.05 bits per heavy atom. The SMILES string of the molecule is CCC1=C(C)c2cc3[nH]c(cc4[nH]c(cc5nc6c(ccc7nccc5c76)c1n2)c(C)c4CC)c(C)c3CC. The van der Waals surface area contributed by atoms with E-state index in [-0.39, 0.29) is 0 Å². The molecule has 1 aliphatic rings. The molecule has 5 nitrogen and oxygen atoms in total. The molecule has 0 saturated heterocycles. The summed E-state index contributed by atoms with van der Waals surface area (Å²) in [5.41, 5.74) is 17.3. The van der Waals surface area contributed by atoms with Crippen LogP contribution in [-0.2, 0) is 12.8 Å². The minimum atomic E-state index is 0.912. The molecule has 1 aromatic carbocycles. The molecule has 8 bridgehead atoms. The molecular formula is C34H33N5. The first-order valence-corrected chi connectivity index (χ1v) is 14.1. The van der Waals surface area contributed by atoms with Gasteiger partial charge >= 0.3 is 0 Å². The zero-order valence-corrected chi connectivity index (χ0v) is 23.5. The highest BCUT2D eigenvalue weighted by Crippen LogP contribution is 2.39. The van der Waals surface area contributed by atoms with E-state index in [1.54, 1.807) is 0 Å². The van der Waals surface area contributed by atoms with Crippen molar-refractivity contribution in [1.29, 1.82) is 0 Å². The zero-order chi connectivity index (χ0) is 27.0. The van der Waals surface area contributed by atoms with Gasteiger partial charge in [-0.15, -0.1) is 0 Å². The van der Waals surface area contributed by atoms with Gasteiger partial charge in [0.05, 0.1) is 27.9 Å². The van der Waals surface area contributed by atoms with Crippen LogP contribution in [0.15, 0.2) is 42.6 Å². The Balaban J connectivity index is 1.77. The lowest BCUT2D eigenvalue weighted by Crippen LogP contribution is -1.86. The van der Waals surface area contributed by atoms with Gasteiger partial charge in [-0.05, 0) is 110 Å². The Kier molecular flexibility index (Phi) is 5.28. The molecule has 1 aliphatic heterocycles. The fourth-order valence-corrected chi connectivity index (χ4v) is 6.66. The van der Waals surface area contributed by atoms with E-state index in [1.807, 2.05) is 6.20 Å². The monoisotopic (exact) mass is 511 g/mol. The van der Waals surface area contributed by atoms with Gasteiger partial charge in [0.15, 0.2) is 0 Å². The first kappa shape index (κ1) is 23.8. The number of hydrogen-bond donors (Lipinski definition) is 2. The first-order valence-electron chi connectivity index (χ1n) is 14.1. The summed E-state index contributed by atoms with van der Waals surface area (Å²) in [7, 11) is 0. The normalized spacial score (nSPS) is 13.1. The number of benzene rings is 1. The number of aromatic nitrogens is 5. The maximum atomic E-state index is 5.27. The van der Waals surface area contributed by atoms with Crippen molar-refractivity contribution >= 4 is 65.9 Å². The quantitative estimate of drug-likeness (QED) is 0.249. The molecule has 5 aromatic heterocycles. The van der Waals surface area contributed by atoms with Gasteiger partial charge in [0, 0.05) is 44.4 Å². The largest absolute Gasteiger partial charge is 0.355 e. The summed E-state index contributed by atoms with van der Waals surface area (Å²) >= 11 is 0. The minimum Gasteiger partial charge on any atom is -0.355 e. The summed E-state index contributed by atoms with van der Waals surface area (Å²) in [6.45, 7) is 13.3. The van der Waals surface area contributed by atoms with Gasteiger partial charge in [0.2, 0.25) is 0 Å². The third kappa shape index (κ3) is 3.35. The van der Waals surface area contributed by atoms with Crippen molar-refractivity contribution in [1.82, 2.24) is 24.9 Å². The fourth-order valence-electron chi connectivity index (χ4n) is 6.66. The molecule has 0 unspecified atom stereocenters. The number of rotatable bonds is 3. The summed E-state index contributed by atoms with van der Waals surface area (Å²) in [5, 5.41) is 3.32. The number of nitrogens with one attached hydrogen (secondary N) is 2. The lowest BCUT2D eigenvalue weighted by atomic mass is 10.00. The lowest BCUT2D eigenvalue weighted by Gasteiger charge is -2.04. The number of pyridine rings is 1. The molecule has 6 aromatic rings. The highest BCUT2D eigenvalue weighted by molar-refractivity contribution is 6.21. The van der Waals surface area contributed by atoms with Crippen molar-refractivity contribution < 1.29 is 0 Å². The van der Waals surface area contributed by atoms with Gasteiger partial charge in [-0.25, -0.2) is 9.97 Å². The predicted molar refractivity (Wildman–Crippen MR) is 165 cm³/mol. The van der Waals surface area contributed by atoms with Crippen molar-refractivity contribution in [2.45, 2.75) is 60.8 Å². The van der Waals surface area contributed by atoms with E-state index in [4.69, 9.17) is 9.97 Å². The van der Waals surface area contributed by atoms with Crippen molar-refractivity contribution in [3.05, 3.63) is 76.2 Å². The Labute approximate surface area is 227 Å². The fraction of sp³-hybridized carbons (Fsp3) is 0.265. The van der Waals surface area contributed by atoms with Crippen LogP contribution in [0.3, 0.4) is 0 Å². The smallest absolute Gasteiger partial charge is 0.0832 e. The molecule has 0 spiro atoms. The molecule has 0 fully saturated rings. The minimum absolute atomic E-state index is 0.912. The number of hydrogen-bond acceptors (Lipinski definition) is 3. The summed E-state index contributed by atoms with van der Waals surface area (Å²) < 4.78 is 0. The van der Waals surface area contributed by atoms with Crippen LogP contribution in [0, 0.1) is 13.8 Å². The maximum Gasteiger partial charge on any atom is 0.0832 e. The van der Waals surface area contributed by atoms with E-state index in [2.05, 4.69) is 92.9 Å². The Morgan fingerprint density at radius 2 is 1.36 bits per heavy atom. The van der Waals surface area contributed by atoms with Gasteiger partial charge in [-0.2, -0.15) is 0 Å². The van der Waals surface area contributed by atoms with Crippen LogP contribution < -0.4 is 0 Å². The lowest BCUT2D eigenvalue weighted by molar-refractivity contribution is 1.14. The van der Waals surface area contributed by atoms with Crippen LogP contribution in [0.25, 0.3) is 65.9 Å². The molecule has 194 valence electrons. The van der Waals surface area contributed by atoms with Gasteiger partial charge < -0.3 is 9.97 Å². The van der Waals surface area contributed by atoms with Crippen LogP contribution in [0.5, 0.6) is 0 Å². The number of allylic oxidation sites excluding steroid dienone is 2. The average Bonchev–Trinajstić information content (AvgIpc) is 3.63. The molecule has 5 heteroatoms. The van der Waals surface area contributed by atoms with E-state index in [1.165, 1.54) is 33.4 Å². The molecule has 0 amide bonds. The number of aryl methyl sites for hydroxylation is 4. The van der Waals surface area contributed by atoms with Crippen molar-refractivity contribution in [2.75, 3.05) is 0 Å². The molecule has 2 N–H and O–H groups in total. The third-order valence-corrected chi connectivity index (χ3v) is 8.81. The molecule has 0 saturated carbocycles. The van der Waals surface area contributed by atoms with Gasteiger partial charge in [-0.1, -0.05) is 20.8 Å². The molecule has 0 radical (unpaired) electrons. The Hall–Kier alpha value is -4.25. The summed E-state index contributed by atoms with van der Waals surface area (Å²) in [6.07, 6.45) is 4.72. The second-order valence-corrected chi connectivity index (χ2v) is 10.8. The second-order valence-electron chi connectivity index (χ2n) is 10.8. The molecule has 7 rings (SSSR count).